The van der Waals surface area contributed by atoms with Crippen LogP contribution in [-0.2, 0) is 24.4 Å². The Bertz CT molecular complexity index is 1340. The minimum atomic E-state index is -4.22. The molecule has 1 aliphatic heterocycles. The summed E-state index contributed by atoms with van der Waals surface area (Å²) < 4.78 is 29.0. The number of hydrogen-bond donors (Lipinski definition) is 1. The first kappa shape index (κ1) is 24.3. The number of imide groups is 1. The number of hydrogen-bond acceptors (Lipinski definition) is 5. The van der Waals surface area contributed by atoms with E-state index in [4.69, 9.17) is 0 Å². The van der Waals surface area contributed by atoms with Gasteiger partial charge in [-0.3, -0.25) is 14.4 Å². The molecule has 0 aromatic heterocycles. The first-order chi connectivity index (χ1) is 16.7. The number of carbonyl (C=O) groups excluding carboxylic acids is 3. The molecule has 3 amide bonds. The van der Waals surface area contributed by atoms with Crippen molar-refractivity contribution in [1.82, 2.24) is 4.31 Å². The van der Waals surface area contributed by atoms with Crippen LogP contribution in [-0.4, -0.2) is 36.5 Å². The number of nitrogens with one attached hydrogen (secondary N) is 1. The van der Waals surface area contributed by atoms with Gasteiger partial charge in [-0.25, -0.2) is 13.3 Å². The van der Waals surface area contributed by atoms with Crippen LogP contribution in [0.5, 0.6) is 0 Å². The van der Waals surface area contributed by atoms with Crippen molar-refractivity contribution in [2.75, 3.05) is 10.2 Å². The Hall–Kier alpha value is -3.82. The monoisotopic (exact) mass is 491 g/mol. The van der Waals surface area contributed by atoms with Gasteiger partial charge in [0.1, 0.15) is 6.04 Å². The summed E-state index contributed by atoms with van der Waals surface area (Å²) in [5.74, 6) is -1.34. The third-order valence-corrected chi connectivity index (χ3v) is 7.85. The Labute approximate surface area is 204 Å². The molecule has 0 spiro atoms. The number of anilines is 2. The highest BCUT2D eigenvalue weighted by atomic mass is 32.2. The molecule has 35 heavy (non-hydrogen) atoms. The van der Waals surface area contributed by atoms with Crippen LogP contribution in [0.2, 0.25) is 0 Å². The van der Waals surface area contributed by atoms with Crippen LogP contribution >= 0.6 is 0 Å². The maximum Gasteiger partial charge on any atom is 0.252 e. The van der Waals surface area contributed by atoms with Gasteiger partial charge in [0.2, 0.25) is 21.8 Å². The summed E-state index contributed by atoms with van der Waals surface area (Å²) in [4.78, 5) is 38.7. The lowest BCUT2D eigenvalue weighted by molar-refractivity contribution is -0.122. The molecule has 3 aromatic rings. The van der Waals surface area contributed by atoms with Crippen LogP contribution in [0.4, 0.5) is 11.4 Å². The topological polar surface area (TPSA) is 104 Å². The Morgan fingerprint density at radius 3 is 2.09 bits per heavy atom. The fourth-order valence-corrected chi connectivity index (χ4v) is 5.98. The Kier molecular flexibility index (Phi) is 6.81. The van der Waals surface area contributed by atoms with Crippen LogP contribution in [0.3, 0.4) is 0 Å². The normalized spacial score (nSPS) is 17.0. The van der Waals surface area contributed by atoms with Gasteiger partial charge in [-0.15, -0.1) is 0 Å². The molecular weight excluding hydrogens is 466 g/mol. The number of carbonyl (C=O) groups is 3. The Balaban J connectivity index is 1.77. The zero-order valence-electron chi connectivity index (χ0n) is 19.3. The highest BCUT2D eigenvalue weighted by Crippen LogP contribution is 2.35. The second-order valence-electron chi connectivity index (χ2n) is 8.25. The van der Waals surface area contributed by atoms with E-state index < -0.39 is 33.9 Å². The molecule has 0 bridgehead atoms. The fraction of sp³-hybridized carbons (Fsp3) is 0.192. The summed E-state index contributed by atoms with van der Waals surface area (Å²) in [6.07, 6.45) is -0.270. The van der Waals surface area contributed by atoms with E-state index >= 15 is 0 Å². The second kappa shape index (κ2) is 9.81. The lowest BCUT2D eigenvalue weighted by atomic mass is 10.1. The molecule has 2 unspecified atom stereocenters. The van der Waals surface area contributed by atoms with Crippen molar-refractivity contribution >= 4 is 39.1 Å². The van der Waals surface area contributed by atoms with Crippen molar-refractivity contribution in [3.05, 3.63) is 90.5 Å². The lowest BCUT2D eigenvalue weighted by Crippen LogP contribution is -2.46. The quantitative estimate of drug-likeness (QED) is 0.507. The van der Waals surface area contributed by atoms with Gasteiger partial charge in [0.15, 0.2) is 0 Å². The van der Waals surface area contributed by atoms with E-state index in [2.05, 4.69) is 5.32 Å². The van der Waals surface area contributed by atoms with Gasteiger partial charge in [0.25, 0.3) is 5.91 Å². The first-order valence-electron chi connectivity index (χ1n) is 11.1. The summed E-state index contributed by atoms with van der Waals surface area (Å²) in [7, 11) is -4.22. The van der Waals surface area contributed by atoms with Crippen molar-refractivity contribution < 1.29 is 22.8 Å². The number of para-hydroxylation sites is 1. The average molecular weight is 492 g/mol. The molecule has 1 aliphatic rings. The van der Waals surface area contributed by atoms with E-state index in [1.807, 2.05) is 6.07 Å². The Morgan fingerprint density at radius 2 is 1.51 bits per heavy atom. The summed E-state index contributed by atoms with van der Waals surface area (Å²) in [6.45, 7) is 3.05. The summed E-state index contributed by atoms with van der Waals surface area (Å²) in [5.41, 5.74) is 1.53. The van der Waals surface area contributed by atoms with Crippen LogP contribution in [0.1, 0.15) is 31.9 Å². The highest BCUT2D eigenvalue weighted by molar-refractivity contribution is 7.89. The van der Waals surface area contributed by atoms with Gasteiger partial charge in [-0.2, -0.15) is 4.31 Å². The largest absolute Gasteiger partial charge is 0.326 e. The average Bonchev–Trinajstić information content (AvgIpc) is 3.13. The van der Waals surface area contributed by atoms with Gasteiger partial charge < -0.3 is 5.32 Å². The molecule has 8 nitrogen and oxygen atoms in total. The molecule has 2 atom stereocenters. The molecule has 9 heteroatoms. The SMILES string of the molecule is CC(=O)Nc1ccc(S(=O)(=O)N(C2CC(=O)N(c3ccccc3)C2=O)C(C)c2ccccc2)cc1. The van der Waals surface area contributed by atoms with E-state index in [0.717, 1.165) is 9.21 Å². The number of amides is 3. The third-order valence-electron chi connectivity index (χ3n) is 5.86. The molecule has 180 valence electrons. The predicted octanol–water partition coefficient (Wildman–Crippen LogP) is 3.73. The molecule has 1 heterocycles. The van der Waals surface area contributed by atoms with Crippen molar-refractivity contribution in [3.63, 3.8) is 0 Å². The van der Waals surface area contributed by atoms with Crippen molar-refractivity contribution in [3.8, 4) is 0 Å². The Morgan fingerprint density at radius 1 is 0.943 bits per heavy atom. The standard InChI is InChI=1S/C26H25N3O5S/c1-18(20-9-5-3-6-10-20)29(35(33,34)23-15-13-21(14-16-23)27-19(2)30)24-17-25(31)28(26(24)32)22-11-7-4-8-12-22/h3-16,18,24H,17H2,1-2H3,(H,27,30). The van der Waals surface area contributed by atoms with Gasteiger partial charge in [-0.05, 0) is 48.9 Å². The predicted molar refractivity (Wildman–Crippen MR) is 132 cm³/mol. The molecule has 0 saturated carbocycles. The van der Waals surface area contributed by atoms with E-state index in [1.165, 1.54) is 31.2 Å². The van der Waals surface area contributed by atoms with Gasteiger partial charge >= 0.3 is 0 Å². The van der Waals surface area contributed by atoms with Crippen molar-refractivity contribution in [2.24, 2.45) is 0 Å². The minimum absolute atomic E-state index is 0.0483. The number of nitrogens with zero attached hydrogens (tertiary/aromatic N) is 2. The van der Waals surface area contributed by atoms with E-state index in [1.54, 1.807) is 61.5 Å². The van der Waals surface area contributed by atoms with Crippen molar-refractivity contribution in [2.45, 2.75) is 37.2 Å². The molecule has 1 saturated heterocycles. The highest BCUT2D eigenvalue weighted by Gasteiger charge is 2.48. The van der Waals surface area contributed by atoms with E-state index in [9.17, 15) is 22.8 Å². The fourth-order valence-electron chi connectivity index (χ4n) is 4.22. The van der Waals surface area contributed by atoms with Crippen LogP contribution in [0.25, 0.3) is 0 Å². The second-order valence-corrected chi connectivity index (χ2v) is 10.1. The van der Waals surface area contributed by atoms with Crippen molar-refractivity contribution in [1.29, 1.82) is 0 Å². The zero-order valence-corrected chi connectivity index (χ0v) is 20.1. The van der Waals surface area contributed by atoms with E-state index in [0.29, 0.717) is 16.9 Å². The number of sulfonamides is 1. The molecule has 1 fully saturated rings. The molecule has 3 aromatic carbocycles. The van der Waals surface area contributed by atoms with Gasteiger partial charge in [-0.1, -0.05) is 48.5 Å². The zero-order chi connectivity index (χ0) is 25.2. The van der Waals surface area contributed by atoms with Gasteiger partial charge in [0, 0.05) is 18.7 Å². The molecular formula is C26H25N3O5S. The maximum atomic E-state index is 13.9. The summed E-state index contributed by atoms with van der Waals surface area (Å²) >= 11 is 0. The first-order valence-corrected chi connectivity index (χ1v) is 12.5. The third kappa shape index (κ3) is 4.87. The number of benzene rings is 3. The van der Waals surface area contributed by atoms with E-state index in [-0.39, 0.29) is 17.2 Å². The lowest BCUT2D eigenvalue weighted by Gasteiger charge is -2.32. The van der Waals surface area contributed by atoms with Crippen LogP contribution < -0.4 is 10.2 Å². The molecule has 1 N–H and O–H groups in total. The smallest absolute Gasteiger partial charge is 0.252 e. The van der Waals surface area contributed by atoms with Crippen LogP contribution in [0, 0.1) is 0 Å². The molecule has 0 aliphatic carbocycles. The summed E-state index contributed by atoms with van der Waals surface area (Å²) in [6, 6.07) is 21.2. The number of rotatable bonds is 7. The maximum absolute atomic E-state index is 13.9. The molecule has 4 rings (SSSR count). The minimum Gasteiger partial charge on any atom is -0.326 e. The summed E-state index contributed by atoms with van der Waals surface area (Å²) in [5, 5.41) is 2.60. The molecule has 0 radical (unpaired) electrons. The van der Waals surface area contributed by atoms with Crippen LogP contribution in [0.15, 0.2) is 89.8 Å². The van der Waals surface area contributed by atoms with Gasteiger partial charge in [0.05, 0.1) is 17.0 Å².